The van der Waals surface area contributed by atoms with Gasteiger partial charge in [0.2, 0.25) is 0 Å². The van der Waals surface area contributed by atoms with E-state index in [0.717, 1.165) is 19.4 Å². The van der Waals surface area contributed by atoms with Crippen molar-refractivity contribution in [2.24, 2.45) is 0 Å². The molecule has 0 bridgehead atoms. The quantitative estimate of drug-likeness (QED) is 0.798. The van der Waals surface area contributed by atoms with E-state index in [2.05, 4.69) is 30.1 Å². The molecule has 3 nitrogen and oxygen atoms in total. The summed E-state index contributed by atoms with van der Waals surface area (Å²) in [4.78, 5) is 2.61. The smallest absolute Gasteiger partial charge is 0.103 e. The van der Waals surface area contributed by atoms with Crippen LogP contribution in [0.25, 0.3) is 0 Å². The van der Waals surface area contributed by atoms with Gasteiger partial charge in [-0.3, -0.25) is 4.90 Å². The normalized spacial score (nSPS) is 29.6. The predicted octanol–water partition coefficient (Wildman–Crippen LogP) is 2.53. The zero-order valence-electron chi connectivity index (χ0n) is 11.8. The van der Waals surface area contributed by atoms with E-state index < -0.39 is 0 Å². The monoisotopic (exact) mass is 237 g/mol. The number of hydrogen-bond donors (Lipinski definition) is 1. The van der Waals surface area contributed by atoms with E-state index in [1.807, 2.05) is 14.0 Å². The molecule has 1 heterocycles. The lowest BCUT2D eigenvalue weighted by Crippen LogP contribution is -2.45. The highest BCUT2D eigenvalue weighted by Crippen LogP contribution is 2.23. The van der Waals surface area contributed by atoms with Gasteiger partial charge in [0.25, 0.3) is 0 Å². The highest BCUT2D eigenvalue weighted by atomic mass is 15.2. The van der Waals surface area contributed by atoms with Crippen LogP contribution in [-0.2, 0) is 0 Å². The molecule has 0 aromatic carbocycles. The number of rotatable bonds is 5. The Labute approximate surface area is 106 Å². The molecule has 17 heavy (non-hydrogen) atoms. The molecule has 1 aliphatic rings. The van der Waals surface area contributed by atoms with Gasteiger partial charge in [-0.1, -0.05) is 6.42 Å². The fourth-order valence-corrected chi connectivity index (χ4v) is 2.77. The minimum absolute atomic E-state index is 0.359. The second-order valence-corrected chi connectivity index (χ2v) is 5.66. The van der Waals surface area contributed by atoms with Crippen LogP contribution in [0.5, 0.6) is 0 Å². The first-order valence-electron chi connectivity index (χ1n) is 6.88. The average Bonchev–Trinajstić information content (AvgIpc) is 2.32. The summed E-state index contributed by atoms with van der Waals surface area (Å²) in [6.45, 7) is 7.77. The van der Waals surface area contributed by atoms with Crippen LogP contribution in [-0.4, -0.2) is 36.1 Å². The maximum absolute atomic E-state index is 9.10. The van der Waals surface area contributed by atoms with Crippen LogP contribution in [0.3, 0.4) is 0 Å². The van der Waals surface area contributed by atoms with Gasteiger partial charge in [-0.05, 0) is 60.0 Å². The second-order valence-electron chi connectivity index (χ2n) is 5.66. The van der Waals surface area contributed by atoms with Crippen LogP contribution < -0.4 is 5.32 Å². The predicted molar refractivity (Wildman–Crippen MR) is 71.8 cm³/mol. The van der Waals surface area contributed by atoms with Gasteiger partial charge < -0.3 is 5.32 Å². The van der Waals surface area contributed by atoms with Gasteiger partial charge in [-0.2, -0.15) is 5.26 Å². The van der Waals surface area contributed by atoms with Crippen molar-refractivity contribution in [3.63, 3.8) is 0 Å². The molecular formula is C14H27N3. The van der Waals surface area contributed by atoms with E-state index in [0.29, 0.717) is 12.1 Å². The number of nitrogens with one attached hydrogen (secondary N) is 1. The summed E-state index contributed by atoms with van der Waals surface area (Å²) in [7, 11) is 1.87. The molecule has 1 saturated heterocycles. The first-order chi connectivity index (χ1) is 8.02. The Morgan fingerprint density at radius 3 is 2.41 bits per heavy atom. The number of nitriles is 1. The number of piperidine rings is 1. The van der Waals surface area contributed by atoms with Crippen molar-refractivity contribution in [1.29, 1.82) is 5.26 Å². The Balaban J connectivity index is 2.37. The molecule has 1 N–H and O–H groups in total. The maximum atomic E-state index is 9.10. The number of likely N-dealkylation sites (tertiary alicyclic amines) is 1. The van der Waals surface area contributed by atoms with Crippen LogP contribution in [0.4, 0.5) is 0 Å². The van der Waals surface area contributed by atoms with Gasteiger partial charge in [-0.25, -0.2) is 0 Å². The minimum Gasteiger partial charge on any atom is -0.303 e. The summed E-state index contributed by atoms with van der Waals surface area (Å²) in [6, 6.07) is 3.78. The van der Waals surface area contributed by atoms with E-state index in [1.165, 1.54) is 19.3 Å². The molecule has 1 rings (SSSR count). The Hall–Kier alpha value is -0.590. The third-order valence-corrected chi connectivity index (χ3v) is 4.27. The van der Waals surface area contributed by atoms with Gasteiger partial charge in [0.1, 0.15) is 5.54 Å². The lowest BCUT2D eigenvalue weighted by atomic mass is 9.94. The Morgan fingerprint density at radius 2 is 1.94 bits per heavy atom. The molecule has 0 spiro atoms. The summed E-state index contributed by atoms with van der Waals surface area (Å²) in [5.41, 5.74) is -0.359. The standard InChI is InChI=1S/C14H27N3/c1-12-7-5-8-13(2)17(12)10-6-9-14(3,11-15)16-4/h12-13,16H,5-10H2,1-4H3/t12-,13+,14?. The zero-order chi connectivity index (χ0) is 12.9. The van der Waals surface area contributed by atoms with Crippen molar-refractivity contribution in [2.75, 3.05) is 13.6 Å². The number of nitrogens with zero attached hydrogens (tertiary/aromatic N) is 2. The second kappa shape index (κ2) is 6.37. The van der Waals surface area contributed by atoms with Gasteiger partial charge >= 0.3 is 0 Å². The van der Waals surface area contributed by atoms with E-state index in [4.69, 9.17) is 5.26 Å². The Bertz CT molecular complexity index is 261. The van der Waals surface area contributed by atoms with Crippen LogP contribution >= 0.6 is 0 Å². The molecule has 0 radical (unpaired) electrons. The van der Waals surface area contributed by atoms with Crippen LogP contribution in [0.2, 0.25) is 0 Å². The van der Waals surface area contributed by atoms with E-state index in [9.17, 15) is 0 Å². The van der Waals surface area contributed by atoms with Crippen molar-refractivity contribution in [1.82, 2.24) is 10.2 Å². The van der Waals surface area contributed by atoms with Crippen LogP contribution in [0.1, 0.15) is 52.9 Å². The summed E-state index contributed by atoms with van der Waals surface area (Å²) in [5.74, 6) is 0. The SMILES string of the molecule is CNC(C)(C#N)CCCN1[C@H](C)CCC[C@@H]1C. The molecule has 0 aromatic rings. The van der Waals surface area contributed by atoms with Crippen molar-refractivity contribution < 1.29 is 0 Å². The topological polar surface area (TPSA) is 39.1 Å². The third kappa shape index (κ3) is 3.97. The molecule has 0 amide bonds. The van der Waals surface area contributed by atoms with Crippen LogP contribution in [0, 0.1) is 11.3 Å². The molecule has 98 valence electrons. The molecule has 1 fully saturated rings. The average molecular weight is 237 g/mol. The number of hydrogen-bond acceptors (Lipinski definition) is 3. The van der Waals surface area contributed by atoms with E-state index in [-0.39, 0.29) is 5.54 Å². The highest BCUT2D eigenvalue weighted by Gasteiger charge is 2.26. The molecule has 0 aromatic heterocycles. The van der Waals surface area contributed by atoms with Crippen molar-refractivity contribution in [3.8, 4) is 6.07 Å². The van der Waals surface area contributed by atoms with E-state index >= 15 is 0 Å². The van der Waals surface area contributed by atoms with Crippen molar-refractivity contribution in [3.05, 3.63) is 0 Å². The van der Waals surface area contributed by atoms with Gasteiger partial charge in [0.05, 0.1) is 6.07 Å². The Kier molecular flexibility index (Phi) is 5.42. The van der Waals surface area contributed by atoms with Gasteiger partial charge in [-0.15, -0.1) is 0 Å². The largest absolute Gasteiger partial charge is 0.303 e. The fraction of sp³-hybridized carbons (Fsp3) is 0.929. The molecule has 0 aliphatic carbocycles. The summed E-state index contributed by atoms with van der Waals surface area (Å²) in [6.07, 6.45) is 6.04. The van der Waals surface area contributed by atoms with Gasteiger partial charge in [0.15, 0.2) is 0 Å². The molecule has 1 unspecified atom stereocenters. The lowest BCUT2D eigenvalue weighted by Gasteiger charge is -2.39. The molecular weight excluding hydrogens is 210 g/mol. The van der Waals surface area contributed by atoms with Crippen LogP contribution in [0.15, 0.2) is 0 Å². The van der Waals surface area contributed by atoms with Crippen molar-refractivity contribution >= 4 is 0 Å². The first kappa shape index (κ1) is 14.5. The minimum atomic E-state index is -0.359. The lowest BCUT2D eigenvalue weighted by molar-refractivity contribution is 0.0995. The zero-order valence-corrected chi connectivity index (χ0v) is 11.8. The molecule has 0 saturated carbocycles. The first-order valence-corrected chi connectivity index (χ1v) is 6.88. The highest BCUT2D eigenvalue weighted by molar-refractivity contribution is 5.02. The molecule has 3 heteroatoms. The fourth-order valence-electron chi connectivity index (χ4n) is 2.77. The van der Waals surface area contributed by atoms with Gasteiger partial charge in [0, 0.05) is 12.1 Å². The molecule has 1 aliphatic heterocycles. The summed E-state index contributed by atoms with van der Waals surface area (Å²) >= 11 is 0. The van der Waals surface area contributed by atoms with Crippen molar-refractivity contribution in [2.45, 2.75) is 70.5 Å². The summed E-state index contributed by atoms with van der Waals surface area (Å²) < 4.78 is 0. The maximum Gasteiger partial charge on any atom is 0.103 e. The third-order valence-electron chi connectivity index (χ3n) is 4.27. The summed E-state index contributed by atoms with van der Waals surface area (Å²) in [5, 5.41) is 12.2. The molecule has 3 atom stereocenters. The van der Waals surface area contributed by atoms with E-state index in [1.54, 1.807) is 0 Å². The Morgan fingerprint density at radius 1 is 1.35 bits per heavy atom.